The molecule has 0 saturated heterocycles. The predicted molar refractivity (Wildman–Crippen MR) is 80.2 cm³/mol. The van der Waals surface area contributed by atoms with Crippen molar-refractivity contribution in [2.45, 2.75) is 34.6 Å². The van der Waals surface area contributed by atoms with Crippen LogP contribution >= 0.6 is 0 Å². The summed E-state index contributed by atoms with van der Waals surface area (Å²) in [6.07, 6.45) is 6.00. The SMILES string of the molecule is C/C=C(C)\C=C/NC.CC.Cc1ccccc1. The van der Waals surface area contributed by atoms with Crippen LogP contribution in [0.1, 0.15) is 33.3 Å². The molecule has 1 aromatic carbocycles. The molecule has 1 aromatic rings. The molecule has 0 bridgehead atoms. The zero-order chi connectivity index (χ0) is 13.5. The summed E-state index contributed by atoms with van der Waals surface area (Å²) in [5.41, 5.74) is 2.60. The third kappa shape index (κ3) is 14.5. The molecule has 0 heterocycles. The minimum absolute atomic E-state index is 1.28. The van der Waals surface area contributed by atoms with Gasteiger partial charge in [-0.15, -0.1) is 0 Å². The maximum Gasteiger partial charge on any atom is 0.00277 e. The Kier molecular flexibility index (Phi) is 15.3. The van der Waals surface area contributed by atoms with E-state index in [4.69, 9.17) is 0 Å². The van der Waals surface area contributed by atoms with Gasteiger partial charge < -0.3 is 5.32 Å². The number of nitrogens with one attached hydrogen (secondary N) is 1. The Morgan fingerprint density at radius 2 is 1.65 bits per heavy atom. The fourth-order valence-electron chi connectivity index (χ4n) is 0.845. The van der Waals surface area contributed by atoms with E-state index in [2.05, 4.69) is 37.4 Å². The van der Waals surface area contributed by atoms with Crippen LogP contribution in [0.4, 0.5) is 0 Å². The summed E-state index contributed by atoms with van der Waals surface area (Å²) >= 11 is 0. The van der Waals surface area contributed by atoms with Crippen molar-refractivity contribution in [3.63, 3.8) is 0 Å². The molecule has 1 heteroatoms. The van der Waals surface area contributed by atoms with Crippen molar-refractivity contribution in [1.29, 1.82) is 0 Å². The van der Waals surface area contributed by atoms with Gasteiger partial charge in [0.2, 0.25) is 0 Å². The van der Waals surface area contributed by atoms with Gasteiger partial charge in [0, 0.05) is 7.05 Å². The maximum absolute atomic E-state index is 2.91. The molecule has 0 radical (unpaired) electrons. The Morgan fingerprint density at radius 1 is 1.12 bits per heavy atom. The van der Waals surface area contributed by atoms with Gasteiger partial charge >= 0.3 is 0 Å². The number of hydrogen-bond donors (Lipinski definition) is 1. The van der Waals surface area contributed by atoms with E-state index in [0.29, 0.717) is 0 Å². The van der Waals surface area contributed by atoms with E-state index in [1.54, 1.807) is 0 Å². The molecule has 0 atom stereocenters. The van der Waals surface area contributed by atoms with Gasteiger partial charge in [0.15, 0.2) is 0 Å². The zero-order valence-corrected chi connectivity index (χ0v) is 12.1. The molecule has 1 nitrogen and oxygen atoms in total. The van der Waals surface area contributed by atoms with Crippen molar-refractivity contribution in [2.24, 2.45) is 0 Å². The fraction of sp³-hybridized carbons (Fsp3) is 0.375. The Bertz CT molecular complexity index is 297. The molecule has 96 valence electrons. The predicted octanol–water partition coefficient (Wildman–Crippen LogP) is 4.71. The van der Waals surface area contributed by atoms with Gasteiger partial charge in [-0.25, -0.2) is 0 Å². The minimum Gasteiger partial charge on any atom is -0.394 e. The van der Waals surface area contributed by atoms with E-state index < -0.39 is 0 Å². The largest absolute Gasteiger partial charge is 0.394 e. The Hall–Kier alpha value is -1.50. The first-order chi connectivity index (χ1) is 8.20. The van der Waals surface area contributed by atoms with Crippen molar-refractivity contribution < 1.29 is 0 Å². The normalized spacial score (nSPS) is 9.88. The van der Waals surface area contributed by atoms with Crippen LogP contribution in [0, 0.1) is 6.92 Å². The average molecular weight is 233 g/mol. The van der Waals surface area contributed by atoms with Gasteiger partial charge in [0.25, 0.3) is 0 Å². The van der Waals surface area contributed by atoms with Crippen LogP contribution in [0.15, 0.2) is 54.3 Å². The summed E-state index contributed by atoms with van der Waals surface area (Å²) in [6.45, 7) is 10.2. The van der Waals surface area contributed by atoms with Crippen LogP contribution in [0.25, 0.3) is 0 Å². The van der Waals surface area contributed by atoms with E-state index in [9.17, 15) is 0 Å². The highest BCUT2D eigenvalue weighted by molar-refractivity contribution is 5.13. The summed E-state index contributed by atoms with van der Waals surface area (Å²) in [6, 6.07) is 10.3. The summed E-state index contributed by atoms with van der Waals surface area (Å²) in [5, 5.41) is 2.91. The lowest BCUT2D eigenvalue weighted by atomic mass is 10.2. The van der Waals surface area contributed by atoms with E-state index in [1.807, 2.05) is 58.3 Å². The van der Waals surface area contributed by atoms with Gasteiger partial charge in [-0.3, -0.25) is 0 Å². The third-order valence-electron chi connectivity index (χ3n) is 1.91. The van der Waals surface area contributed by atoms with Crippen LogP contribution in [-0.4, -0.2) is 7.05 Å². The van der Waals surface area contributed by atoms with Crippen LogP contribution in [0.5, 0.6) is 0 Å². The number of benzene rings is 1. The minimum atomic E-state index is 1.28. The molecule has 1 N–H and O–H groups in total. The number of allylic oxidation sites excluding steroid dienone is 3. The lowest BCUT2D eigenvalue weighted by Gasteiger charge is -1.86. The lowest BCUT2D eigenvalue weighted by Crippen LogP contribution is -1.90. The fourth-order valence-corrected chi connectivity index (χ4v) is 0.845. The Balaban J connectivity index is 0. The van der Waals surface area contributed by atoms with E-state index in [-0.39, 0.29) is 0 Å². The average Bonchev–Trinajstić information content (AvgIpc) is 2.40. The second-order valence-electron chi connectivity index (χ2n) is 3.31. The molecule has 0 aliphatic heterocycles. The highest BCUT2D eigenvalue weighted by Gasteiger charge is 1.72. The summed E-state index contributed by atoms with van der Waals surface area (Å²) in [5.74, 6) is 0. The smallest absolute Gasteiger partial charge is 0.00277 e. The van der Waals surface area contributed by atoms with E-state index in [1.165, 1.54) is 11.1 Å². The third-order valence-corrected chi connectivity index (χ3v) is 1.91. The molecule has 0 fully saturated rings. The lowest BCUT2D eigenvalue weighted by molar-refractivity contribution is 1.10. The summed E-state index contributed by atoms with van der Waals surface area (Å²) in [7, 11) is 1.89. The zero-order valence-electron chi connectivity index (χ0n) is 12.1. The summed E-state index contributed by atoms with van der Waals surface area (Å²) in [4.78, 5) is 0. The van der Waals surface area contributed by atoms with Crippen molar-refractivity contribution in [1.82, 2.24) is 5.32 Å². The van der Waals surface area contributed by atoms with Gasteiger partial charge in [-0.2, -0.15) is 0 Å². The standard InChI is InChI=1S/C7H13N.C7H8.C2H6/c1-4-7(2)5-6-8-3;1-7-5-3-2-4-6-7;1-2/h4-6,8H,1-3H3;2-6H,1H3;1-2H3/b6-5-,7-4-;;. The molecule has 0 aliphatic carbocycles. The highest BCUT2D eigenvalue weighted by Crippen LogP contribution is 1.92. The molecule has 0 amide bonds. The number of aryl methyl sites for hydroxylation is 1. The van der Waals surface area contributed by atoms with Crippen LogP contribution in [-0.2, 0) is 0 Å². The molecule has 17 heavy (non-hydrogen) atoms. The molecule has 0 spiro atoms. The number of rotatable bonds is 2. The summed E-state index contributed by atoms with van der Waals surface area (Å²) < 4.78 is 0. The van der Waals surface area contributed by atoms with Gasteiger partial charge in [-0.1, -0.05) is 61.4 Å². The van der Waals surface area contributed by atoms with Crippen molar-refractivity contribution >= 4 is 0 Å². The molecular formula is C16H27N. The first-order valence-electron chi connectivity index (χ1n) is 6.19. The van der Waals surface area contributed by atoms with Crippen LogP contribution < -0.4 is 5.32 Å². The molecule has 0 saturated carbocycles. The van der Waals surface area contributed by atoms with Crippen molar-refractivity contribution in [3.8, 4) is 0 Å². The van der Waals surface area contributed by atoms with Crippen molar-refractivity contribution in [3.05, 3.63) is 59.8 Å². The Labute approximate surface area is 107 Å². The first kappa shape index (κ1) is 17.9. The Morgan fingerprint density at radius 3 is 1.94 bits per heavy atom. The van der Waals surface area contributed by atoms with Gasteiger partial charge in [-0.05, 0) is 33.0 Å². The molecule has 0 aromatic heterocycles. The van der Waals surface area contributed by atoms with Crippen molar-refractivity contribution in [2.75, 3.05) is 7.05 Å². The van der Waals surface area contributed by atoms with E-state index in [0.717, 1.165) is 0 Å². The van der Waals surface area contributed by atoms with Crippen LogP contribution in [0.3, 0.4) is 0 Å². The monoisotopic (exact) mass is 233 g/mol. The van der Waals surface area contributed by atoms with Gasteiger partial charge in [0.1, 0.15) is 0 Å². The molecule has 1 rings (SSSR count). The van der Waals surface area contributed by atoms with E-state index >= 15 is 0 Å². The number of hydrogen-bond acceptors (Lipinski definition) is 1. The maximum atomic E-state index is 2.91. The molecule has 0 aliphatic rings. The quantitative estimate of drug-likeness (QED) is 0.730. The van der Waals surface area contributed by atoms with Gasteiger partial charge in [0.05, 0.1) is 0 Å². The molecular weight excluding hydrogens is 206 g/mol. The first-order valence-corrected chi connectivity index (χ1v) is 6.19. The second kappa shape index (κ2) is 14.5. The highest BCUT2D eigenvalue weighted by atomic mass is 14.8. The van der Waals surface area contributed by atoms with Crippen LogP contribution in [0.2, 0.25) is 0 Å². The molecule has 0 unspecified atom stereocenters. The topological polar surface area (TPSA) is 12.0 Å². The second-order valence-corrected chi connectivity index (χ2v) is 3.31.